The van der Waals surface area contributed by atoms with Gasteiger partial charge in [-0.1, -0.05) is 64.0 Å². The van der Waals surface area contributed by atoms with E-state index in [1.54, 1.807) is 7.11 Å². The minimum Gasteiger partial charge on any atom is -0.496 e. The van der Waals surface area contributed by atoms with E-state index in [9.17, 15) is 0 Å². The normalized spacial score (nSPS) is 19.8. The van der Waals surface area contributed by atoms with Crippen molar-refractivity contribution in [1.82, 2.24) is 5.01 Å². The maximum absolute atomic E-state index is 6.45. The lowest BCUT2D eigenvalue weighted by Crippen LogP contribution is -2.33. The number of aryl methyl sites for hydroxylation is 1. The Bertz CT molecular complexity index is 1090. The molecule has 3 aromatic rings. The van der Waals surface area contributed by atoms with E-state index in [1.165, 1.54) is 11.1 Å². The van der Waals surface area contributed by atoms with Crippen molar-refractivity contribution in [2.75, 3.05) is 7.11 Å². The van der Waals surface area contributed by atoms with Crippen molar-refractivity contribution in [2.24, 2.45) is 5.10 Å². The van der Waals surface area contributed by atoms with Gasteiger partial charge in [0.05, 0.1) is 24.4 Å². The van der Waals surface area contributed by atoms with Gasteiger partial charge in [0.2, 0.25) is 6.23 Å². The van der Waals surface area contributed by atoms with Gasteiger partial charge >= 0.3 is 0 Å². The molecule has 0 aliphatic carbocycles. The highest BCUT2D eigenvalue weighted by atomic mass is 79.9. The number of hydrogen-bond donors (Lipinski definition) is 0. The van der Waals surface area contributed by atoms with Crippen LogP contribution in [-0.2, 0) is 0 Å². The molecule has 0 fully saturated rings. The molecule has 0 N–H and O–H groups in total. The minimum absolute atomic E-state index is 0.130. The van der Waals surface area contributed by atoms with Crippen LogP contribution in [0.1, 0.15) is 40.9 Å². The topological polar surface area (TPSA) is 34.1 Å². The van der Waals surface area contributed by atoms with Crippen LogP contribution in [0.25, 0.3) is 0 Å². The third-order valence-corrected chi connectivity index (χ3v) is 6.03. The summed E-state index contributed by atoms with van der Waals surface area (Å²) in [5, 5.41) is 7.11. The van der Waals surface area contributed by atoms with Crippen LogP contribution in [0.2, 0.25) is 0 Å². The first-order valence-corrected chi connectivity index (χ1v) is 10.5. The van der Waals surface area contributed by atoms with E-state index in [2.05, 4.69) is 64.3 Å². The van der Waals surface area contributed by atoms with Gasteiger partial charge in [0.15, 0.2) is 0 Å². The van der Waals surface area contributed by atoms with E-state index in [0.29, 0.717) is 0 Å². The summed E-state index contributed by atoms with van der Waals surface area (Å²) in [4.78, 5) is 0. The fraction of sp³-hybridized carbons (Fsp3) is 0.208. The molecule has 5 heteroatoms. The second kappa shape index (κ2) is 7.23. The molecule has 2 aliphatic heterocycles. The van der Waals surface area contributed by atoms with Gasteiger partial charge in [-0.15, -0.1) is 0 Å². The van der Waals surface area contributed by atoms with Crippen molar-refractivity contribution in [3.63, 3.8) is 0 Å². The van der Waals surface area contributed by atoms with Gasteiger partial charge < -0.3 is 9.47 Å². The molecule has 2 heterocycles. The number of methoxy groups -OCH3 is 1. The minimum atomic E-state index is -0.356. The van der Waals surface area contributed by atoms with Gasteiger partial charge in [0.1, 0.15) is 11.5 Å². The van der Waals surface area contributed by atoms with Gasteiger partial charge in [-0.05, 0) is 36.8 Å². The Balaban J connectivity index is 1.62. The second-order valence-corrected chi connectivity index (χ2v) is 8.32. The first-order valence-electron chi connectivity index (χ1n) is 9.66. The lowest BCUT2D eigenvalue weighted by Gasteiger charge is -2.38. The Morgan fingerprint density at radius 1 is 1.03 bits per heavy atom. The van der Waals surface area contributed by atoms with Crippen LogP contribution < -0.4 is 9.47 Å². The maximum Gasteiger partial charge on any atom is 0.217 e. The zero-order valence-electron chi connectivity index (χ0n) is 16.3. The van der Waals surface area contributed by atoms with Gasteiger partial charge in [-0.3, -0.25) is 0 Å². The molecule has 2 atom stereocenters. The van der Waals surface area contributed by atoms with E-state index in [0.717, 1.165) is 39.2 Å². The van der Waals surface area contributed by atoms with E-state index < -0.39 is 0 Å². The molecule has 0 bridgehead atoms. The summed E-state index contributed by atoms with van der Waals surface area (Å²) < 4.78 is 13.1. The molecule has 4 nitrogen and oxygen atoms in total. The number of hydrogen-bond acceptors (Lipinski definition) is 4. The van der Waals surface area contributed by atoms with Crippen molar-refractivity contribution in [3.05, 3.63) is 93.5 Å². The molecule has 0 saturated carbocycles. The summed E-state index contributed by atoms with van der Waals surface area (Å²) in [6.07, 6.45) is 0.487. The summed E-state index contributed by atoms with van der Waals surface area (Å²) >= 11 is 3.59. The van der Waals surface area contributed by atoms with Gasteiger partial charge in [0.25, 0.3) is 0 Å². The Kier molecular flexibility index (Phi) is 4.55. The monoisotopic (exact) mass is 448 g/mol. The number of benzene rings is 3. The molecule has 146 valence electrons. The SMILES string of the molecule is COc1ccc(Br)cc1[C@H]1Oc2ccccc2[C@H]2CC(c3ccc(C)cc3)=NN21. The molecule has 29 heavy (non-hydrogen) atoms. The third-order valence-electron chi connectivity index (χ3n) is 5.54. The Hall–Kier alpha value is -2.79. The van der Waals surface area contributed by atoms with Crippen LogP contribution in [0.5, 0.6) is 11.5 Å². The fourth-order valence-electron chi connectivity index (χ4n) is 4.06. The Labute approximate surface area is 178 Å². The molecule has 0 saturated heterocycles. The zero-order chi connectivity index (χ0) is 20.0. The predicted molar refractivity (Wildman–Crippen MR) is 117 cm³/mol. The number of nitrogens with zero attached hydrogens (tertiary/aromatic N) is 2. The van der Waals surface area contributed by atoms with Crippen LogP contribution in [0, 0.1) is 6.92 Å². The van der Waals surface area contributed by atoms with Crippen LogP contribution in [0.3, 0.4) is 0 Å². The van der Waals surface area contributed by atoms with Crippen LogP contribution in [0.15, 0.2) is 76.3 Å². The third kappa shape index (κ3) is 3.19. The molecule has 5 rings (SSSR count). The molecular formula is C24H21BrN2O2. The first-order chi connectivity index (χ1) is 14.1. The average Bonchev–Trinajstić information content (AvgIpc) is 3.19. The molecular weight excluding hydrogens is 428 g/mol. The van der Waals surface area contributed by atoms with Crippen LogP contribution >= 0.6 is 15.9 Å². The van der Waals surface area contributed by atoms with E-state index in [1.807, 2.05) is 30.3 Å². The van der Waals surface area contributed by atoms with Crippen molar-refractivity contribution in [1.29, 1.82) is 0 Å². The molecule has 0 spiro atoms. The number of para-hydroxylation sites is 1. The van der Waals surface area contributed by atoms with Crippen LogP contribution in [0.4, 0.5) is 0 Å². The summed E-state index contributed by atoms with van der Waals surface area (Å²) in [5.41, 5.74) is 5.60. The number of ether oxygens (including phenoxy) is 2. The van der Waals surface area contributed by atoms with Gasteiger partial charge in [-0.25, -0.2) is 5.01 Å². The van der Waals surface area contributed by atoms with Crippen molar-refractivity contribution in [2.45, 2.75) is 25.6 Å². The number of rotatable bonds is 3. The molecule has 3 aromatic carbocycles. The second-order valence-electron chi connectivity index (χ2n) is 7.41. The summed E-state index contributed by atoms with van der Waals surface area (Å²) in [6.45, 7) is 2.10. The molecule has 0 unspecified atom stereocenters. The fourth-order valence-corrected chi connectivity index (χ4v) is 4.44. The molecule has 2 aliphatic rings. The smallest absolute Gasteiger partial charge is 0.217 e. The van der Waals surface area contributed by atoms with Crippen molar-refractivity contribution >= 4 is 21.6 Å². The first kappa shape index (κ1) is 18.3. The maximum atomic E-state index is 6.45. The molecule has 0 radical (unpaired) electrons. The number of fused-ring (bicyclic) bond motifs is 3. The summed E-state index contributed by atoms with van der Waals surface area (Å²) in [6, 6.07) is 22.9. The van der Waals surface area contributed by atoms with Crippen molar-refractivity contribution < 1.29 is 9.47 Å². The number of halogens is 1. The predicted octanol–water partition coefficient (Wildman–Crippen LogP) is 6.01. The van der Waals surface area contributed by atoms with E-state index in [4.69, 9.17) is 14.6 Å². The highest BCUT2D eigenvalue weighted by Gasteiger charge is 2.41. The summed E-state index contributed by atoms with van der Waals surface area (Å²) in [7, 11) is 1.69. The van der Waals surface area contributed by atoms with Crippen molar-refractivity contribution in [3.8, 4) is 11.5 Å². The van der Waals surface area contributed by atoms with E-state index >= 15 is 0 Å². The number of hydrazone groups is 1. The Morgan fingerprint density at radius 3 is 2.62 bits per heavy atom. The quantitative estimate of drug-likeness (QED) is 0.491. The van der Waals surface area contributed by atoms with Gasteiger partial charge in [-0.2, -0.15) is 5.10 Å². The standard InChI is InChI=1S/C24H21BrN2O2/c1-15-7-9-16(10-8-15)20-14-21-18-5-3-4-6-23(18)29-24(27(21)26-20)19-13-17(25)11-12-22(19)28-2/h3-13,21,24H,14H2,1-2H3/t21-,24-/m1/s1. The highest BCUT2D eigenvalue weighted by Crippen LogP contribution is 2.49. The average molecular weight is 449 g/mol. The molecule has 0 aromatic heterocycles. The highest BCUT2D eigenvalue weighted by molar-refractivity contribution is 9.10. The largest absolute Gasteiger partial charge is 0.496 e. The zero-order valence-corrected chi connectivity index (χ0v) is 17.9. The summed E-state index contributed by atoms with van der Waals surface area (Å²) in [5.74, 6) is 1.69. The lowest BCUT2D eigenvalue weighted by molar-refractivity contribution is -0.0203. The van der Waals surface area contributed by atoms with Crippen LogP contribution in [-0.4, -0.2) is 17.8 Å². The van der Waals surface area contributed by atoms with E-state index in [-0.39, 0.29) is 12.3 Å². The Morgan fingerprint density at radius 2 is 1.83 bits per heavy atom. The van der Waals surface area contributed by atoms with Gasteiger partial charge in [0, 0.05) is 16.5 Å². The lowest BCUT2D eigenvalue weighted by atomic mass is 9.95. The molecule has 0 amide bonds.